The van der Waals surface area contributed by atoms with Crippen LogP contribution in [0.1, 0.15) is 13.3 Å². The number of benzene rings is 1. The molecule has 0 aliphatic carbocycles. The van der Waals surface area contributed by atoms with Gasteiger partial charge in [-0.2, -0.15) is 0 Å². The van der Waals surface area contributed by atoms with Crippen LogP contribution in [-0.2, 0) is 14.8 Å². The molecule has 24 heavy (non-hydrogen) atoms. The first-order chi connectivity index (χ1) is 11.5. The first-order valence-corrected chi connectivity index (χ1v) is 9.75. The molecule has 0 saturated carbocycles. The molecule has 8 heteroatoms. The second kappa shape index (κ2) is 8.34. The van der Waals surface area contributed by atoms with E-state index < -0.39 is 10.0 Å². The number of para-hydroxylation sites is 2. The number of ether oxygens (including phenoxy) is 1. The van der Waals surface area contributed by atoms with Crippen molar-refractivity contribution in [2.75, 3.05) is 50.5 Å². The Labute approximate surface area is 143 Å². The molecule has 1 aliphatic rings. The third-order valence-electron chi connectivity index (χ3n) is 3.97. The van der Waals surface area contributed by atoms with E-state index in [0.29, 0.717) is 32.6 Å². The highest BCUT2D eigenvalue weighted by Gasteiger charge is 2.23. The number of nitrogens with zero attached hydrogens (tertiary/aromatic N) is 2. The molecule has 0 unspecified atom stereocenters. The van der Waals surface area contributed by atoms with Crippen LogP contribution in [0.4, 0.5) is 5.69 Å². The van der Waals surface area contributed by atoms with Crippen LogP contribution >= 0.6 is 0 Å². The summed E-state index contributed by atoms with van der Waals surface area (Å²) in [5.74, 6) is 0.668. The van der Waals surface area contributed by atoms with Gasteiger partial charge in [0.05, 0.1) is 25.1 Å². The van der Waals surface area contributed by atoms with Crippen molar-refractivity contribution in [3.63, 3.8) is 0 Å². The zero-order valence-electron chi connectivity index (χ0n) is 14.2. The number of rotatable bonds is 7. The van der Waals surface area contributed by atoms with E-state index in [1.807, 2.05) is 24.3 Å². The zero-order chi connectivity index (χ0) is 17.6. The molecule has 1 saturated heterocycles. The van der Waals surface area contributed by atoms with Gasteiger partial charge in [0.15, 0.2) is 0 Å². The third-order valence-corrected chi connectivity index (χ3v) is 5.50. The van der Waals surface area contributed by atoms with Gasteiger partial charge in [-0.05, 0) is 18.6 Å². The van der Waals surface area contributed by atoms with Crippen molar-refractivity contribution in [1.82, 2.24) is 9.62 Å². The van der Waals surface area contributed by atoms with Crippen LogP contribution < -0.4 is 14.4 Å². The number of amides is 1. The van der Waals surface area contributed by atoms with Crippen molar-refractivity contribution >= 4 is 21.6 Å². The molecular formula is C16H25N3O4S. The van der Waals surface area contributed by atoms with Gasteiger partial charge in [0.1, 0.15) is 5.75 Å². The standard InChI is InChI=1S/C16H25N3O4S/c1-3-12-24(21,22)17-13-16(20)19-10-8-18(9-11-19)14-6-4-5-7-15(14)23-2/h4-7,17H,3,8-13H2,1-2H3. The van der Waals surface area contributed by atoms with Crippen LogP contribution in [0, 0.1) is 0 Å². The van der Waals surface area contributed by atoms with Crippen LogP contribution in [0.15, 0.2) is 24.3 Å². The third kappa shape index (κ3) is 4.85. The number of methoxy groups -OCH3 is 1. The average Bonchev–Trinajstić information content (AvgIpc) is 2.60. The van der Waals surface area contributed by atoms with E-state index in [-0.39, 0.29) is 18.2 Å². The zero-order valence-corrected chi connectivity index (χ0v) is 15.0. The Balaban J connectivity index is 1.87. The number of carbonyl (C=O) groups is 1. The van der Waals surface area contributed by atoms with Crippen molar-refractivity contribution in [1.29, 1.82) is 0 Å². The summed E-state index contributed by atoms with van der Waals surface area (Å²) >= 11 is 0. The Morgan fingerprint density at radius 3 is 2.50 bits per heavy atom. The number of nitrogens with one attached hydrogen (secondary N) is 1. The summed E-state index contributed by atoms with van der Waals surface area (Å²) in [6.45, 7) is 4.12. The highest BCUT2D eigenvalue weighted by Crippen LogP contribution is 2.28. The molecule has 0 bridgehead atoms. The summed E-state index contributed by atoms with van der Waals surface area (Å²) in [5, 5.41) is 0. The molecule has 1 fully saturated rings. The Kier molecular flexibility index (Phi) is 6.44. The van der Waals surface area contributed by atoms with Crippen molar-refractivity contribution in [3.8, 4) is 5.75 Å². The lowest BCUT2D eigenvalue weighted by atomic mass is 10.2. The smallest absolute Gasteiger partial charge is 0.237 e. The van der Waals surface area contributed by atoms with Crippen molar-refractivity contribution < 1.29 is 17.9 Å². The maximum Gasteiger partial charge on any atom is 0.237 e. The Morgan fingerprint density at radius 2 is 1.88 bits per heavy atom. The van der Waals surface area contributed by atoms with Crippen LogP contribution in [0.5, 0.6) is 5.75 Å². The summed E-state index contributed by atoms with van der Waals surface area (Å²) in [4.78, 5) is 16.0. The molecule has 2 rings (SSSR count). The van der Waals surface area contributed by atoms with Gasteiger partial charge in [0, 0.05) is 26.2 Å². The minimum absolute atomic E-state index is 0.0435. The van der Waals surface area contributed by atoms with E-state index in [9.17, 15) is 13.2 Å². The molecule has 7 nitrogen and oxygen atoms in total. The molecule has 1 amide bonds. The van der Waals surface area contributed by atoms with Crippen molar-refractivity contribution in [3.05, 3.63) is 24.3 Å². The number of sulfonamides is 1. The monoisotopic (exact) mass is 355 g/mol. The highest BCUT2D eigenvalue weighted by atomic mass is 32.2. The molecule has 0 aromatic heterocycles. The normalized spacial score (nSPS) is 15.4. The fourth-order valence-corrected chi connectivity index (χ4v) is 3.74. The molecule has 1 aliphatic heterocycles. The Morgan fingerprint density at radius 1 is 1.21 bits per heavy atom. The highest BCUT2D eigenvalue weighted by molar-refractivity contribution is 7.89. The van der Waals surface area contributed by atoms with Gasteiger partial charge in [-0.3, -0.25) is 4.79 Å². The lowest BCUT2D eigenvalue weighted by Gasteiger charge is -2.36. The largest absolute Gasteiger partial charge is 0.495 e. The molecule has 1 aromatic rings. The summed E-state index contributed by atoms with van der Waals surface area (Å²) in [5.41, 5.74) is 1.01. The second-order valence-corrected chi connectivity index (χ2v) is 7.61. The predicted molar refractivity (Wildman–Crippen MR) is 93.9 cm³/mol. The van der Waals surface area contributed by atoms with Gasteiger partial charge in [-0.25, -0.2) is 13.1 Å². The Bertz CT molecular complexity index is 655. The summed E-state index contributed by atoms with van der Waals surface area (Å²) in [6, 6.07) is 7.78. The second-order valence-electron chi connectivity index (χ2n) is 5.68. The number of hydrogen-bond acceptors (Lipinski definition) is 5. The van der Waals surface area contributed by atoms with Gasteiger partial charge in [-0.1, -0.05) is 19.1 Å². The minimum Gasteiger partial charge on any atom is -0.495 e. The lowest BCUT2D eigenvalue weighted by Crippen LogP contribution is -2.51. The fourth-order valence-electron chi connectivity index (χ4n) is 2.71. The number of hydrogen-bond donors (Lipinski definition) is 1. The summed E-state index contributed by atoms with van der Waals surface area (Å²) in [6.07, 6.45) is 0.529. The van der Waals surface area contributed by atoms with E-state index in [0.717, 1.165) is 11.4 Å². The van der Waals surface area contributed by atoms with E-state index >= 15 is 0 Å². The molecule has 134 valence electrons. The molecule has 0 radical (unpaired) electrons. The predicted octanol–water partition coefficient (Wildman–Crippen LogP) is 0.673. The molecular weight excluding hydrogens is 330 g/mol. The maximum atomic E-state index is 12.2. The van der Waals surface area contributed by atoms with Crippen LogP contribution in [0.2, 0.25) is 0 Å². The van der Waals surface area contributed by atoms with Gasteiger partial charge in [0.25, 0.3) is 0 Å². The molecule has 1 aromatic carbocycles. The minimum atomic E-state index is -3.35. The van der Waals surface area contributed by atoms with Gasteiger partial charge in [0.2, 0.25) is 15.9 Å². The van der Waals surface area contributed by atoms with Crippen LogP contribution in [0.3, 0.4) is 0 Å². The lowest BCUT2D eigenvalue weighted by molar-refractivity contribution is -0.130. The maximum absolute atomic E-state index is 12.2. The van der Waals surface area contributed by atoms with Crippen LogP contribution in [0.25, 0.3) is 0 Å². The van der Waals surface area contributed by atoms with E-state index in [1.54, 1.807) is 18.9 Å². The van der Waals surface area contributed by atoms with Crippen molar-refractivity contribution in [2.45, 2.75) is 13.3 Å². The van der Waals surface area contributed by atoms with Gasteiger partial charge >= 0.3 is 0 Å². The quantitative estimate of drug-likeness (QED) is 0.778. The fraction of sp³-hybridized carbons (Fsp3) is 0.562. The van der Waals surface area contributed by atoms with E-state index in [4.69, 9.17) is 4.74 Å². The average molecular weight is 355 g/mol. The summed E-state index contributed by atoms with van der Waals surface area (Å²) in [7, 11) is -1.71. The molecule has 1 N–H and O–H groups in total. The topological polar surface area (TPSA) is 79.0 Å². The number of piperazine rings is 1. The van der Waals surface area contributed by atoms with Gasteiger partial charge in [-0.15, -0.1) is 0 Å². The van der Waals surface area contributed by atoms with E-state index in [2.05, 4.69) is 9.62 Å². The molecule has 1 heterocycles. The van der Waals surface area contributed by atoms with Crippen LogP contribution in [-0.4, -0.2) is 64.8 Å². The number of carbonyl (C=O) groups excluding carboxylic acids is 1. The molecule has 0 atom stereocenters. The van der Waals surface area contributed by atoms with Crippen molar-refractivity contribution in [2.24, 2.45) is 0 Å². The Hall–Kier alpha value is -1.80. The SMILES string of the molecule is CCCS(=O)(=O)NCC(=O)N1CCN(c2ccccc2OC)CC1. The first-order valence-electron chi connectivity index (χ1n) is 8.10. The number of anilines is 1. The van der Waals surface area contributed by atoms with Gasteiger partial charge < -0.3 is 14.5 Å². The first kappa shape index (κ1) is 18.5. The summed E-state index contributed by atoms with van der Waals surface area (Å²) < 4.78 is 31.0. The molecule has 0 spiro atoms. The van der Waals surface area contributed by atoms with E-state index in [1.165, 1.54) is 0 Å².